The predicted octanol–water partition coefficient (Wildman–Crippen LogP) is 1.49. The maximum atomic E-state index is 12.6. The lowest BCUT2D eigenvalue weighted by Crippen LogP contribution is -2.50. The first kappa shape index (κ1) is 11.7. The number of nitrogens with zero attached hydrogens (tertiary/aromatic N) is 3. The normalized spacial score (nSPS) is 14.3. The highest BCUT2D eigenvalue weighted by molar-refractivity contribution is 5.02. The van der Waals surface area contributed by atoms with Crippen LogP contribution in [0.15, 0.2) is 0 Å². The number of rotatable bonds is 2. The van der Waals surface area contributed by atoms with Crippen LogP contribution in [0.5, 0.6) is 0 Å². The Morgan fingerprint density at radius 2 is 1.47 bits per heavy atom. The maximum absolute atomic E-state index is 12.6. The molecule has 0 unspecified atom stereocenters. The summed E-state index contributed by atoms with van der Waals surface area (Å²) in [5.74, 6) is -13.9. The van der Waals surface area contributed by atoms with Gasteiger partial charge in [-0.05, 0) is 5.21 Å². The topological polar surface area (TPSA) is 54.5 Å². The number of aromatic nitrogens is 4. The van der Waals surface area contributed by atoms with E-state index in [0.717, 1.165) is 0 Å². The van der Waals surface area contributed by atoms with Crippen molar-refractivity contribution >= 4 is 0 Å². The van der Waals surface area contributed by atoms with Crippen molar-refractivity contribution in [1.82, 2.24) is 20.6 Å². The third kappa shape index (κ3) is 1.61. The average Bonchev–Trinajstić information content (AvgIpc) is 2.53. The van der Waals surface area contributed by atoms with Gasteiger partial charge in [-0.15, -0.1) is 10.2 Å². The van der Waals surface area contributed by atoms with E-state index in [1.807, 2.05) is 0 Å². The summed E-state index contributed by atoms with van der Waals surface area (Å²) in [6.45, 7) is 0. The second-order valence-electron chi connectivity index (χ2n) is 2.38. The number of halogens is 7. The van der Waals surface area contributed by atoms with E-state index in [0.29, 0.717) is 0 Å². The number of H-pyrrole nitrogens is 1. The molecule has 15 heavy (non-hydrogen) atoms. The average molecular weight is 238 g/mol. The Morgan fingerprint density at radius 1 is 0.933 bits per heavy atom. The zero-order valence-corrected chi connectivity index (χ0v) is 6.49. The third-order valence-electron chi connectivity index (χ3n) is 1.38. The fourth-order valence-corrected chi connectivity index (χ4v) is 0.613. The molecule has 0 saturated carbocycles. The fourth-order valence-electron chi connectivity index (χ4n) is 0.613. The van der Waals surface area contributed by atoms with E-state index in [1.54, 1.807) is 0 Å². The first-order valence-corrected chi connectivity index (χ1v) is 3.17. The molecule has 0 aromatic carbocycles. The number of hydrogen-bond acceptors (Lipinski definition) is 3. The molecule has 1 heterocycles. The summed E-state index contributed by atoms with van der Waals surface area (Å²) in [6, 6.07) is 0. The Labute approximate surface area is 76.5 Å². The molecule has 1 aromatic rings. The minimum Gasteiger partial charge on any atom is -0.190 e. The smallest absolute Gasteiger partial charge is 0.190 e. The predicted molar refractivity (Wildman–Crippen MR) is 29.1 cm³/mol. The van der Waals surface area contributed by atoms with Crippen molar-refractivity contribution < 1.29 is 30.7 Å². The maximum Gasteiger partial charge on any atom is 0.460 e. The highest BCUT2D eigenvalue weighted by atomic mass is 19.4. The molecule has 1 rings (SSSR count). The Kier molecular flexibility index (Phi) is 2.36. The molecule has 11 heteroatoms. The molecule has 0 spiro atoms. The lowest BCUT2D eigenvalue weighted by molar-refractivity contribution is -0.361. The summed E-state index contributed by atoms with van der Waals surface area (Å²) < 4.78 is 84.6. The summed E-state index contributed by atoms with van der Waals surface area (Å²) in [5, 5.41) is 8.60. The molecule has 0 radical (unpaired) electrons. The van der Waals surface area contributed by atoms with E-state index in [-0.39, 0.29) is 0 Å². The second-order valence-corrected chi connectivity index (χ2v) is 2.38. The number of aromatic amines is 1. The van der Waals surface area contributed by atoms with E-state index >= 15 is 0 Å². The van der Waals surface area contributed by atoms with Gasteiger partial charge in [0, 0.05) is 0 Å². The van der Waals surface area contributed by atoms with Crippen molar-refractivity contribution in [2.45, 2.75) is 18.0 Å². The summed E-state index contributed by atoms with van der Waals surface area (Å²) in [5.41, 5.74) is 0. The molecule has 4 nitrogen and oxygen atoms in total. The minimum absolute atomic E-state index is 1.37. The van der Waals surface area contributed by atoms with Crippen LogP contribution >= 0.6 is 0 Å². The molecular weight excluding hydrogens is 237 g/mol. The molecule has 0 aliphatic carbocycles. The highest BCUT2D eigenvalue weighted by Gasteiger charge is 2.75. The van der Waals surface area contributed by atoms with Gasteiger partial charge in [-0.25, -0.2) is 0 Å². The van der Waals surface area contributed by atoms with Crippen molar-refractivity contribution in [2.75, 3.05) is 0 Å². The molecule has 0 atom stereocenters. The first-order chi connectivity index (χ1) is 6.61. The molecule has 0 fully saturated rings. The van der Waals surface area contributed by atoms with Gasteiger partial charge in [-0.2, -0.15) is 35.9 Å². The van der Waals surface area contributed by atoms with Crippen LogP contribution in [-0.2, 0) is 5.92 Å². The Balaban J connectivity index is 3.17. The van der Waals surface area contributed by atoms with Crippen LogP contribution in [-0.4, -0.2) is 32.7 Å². The van der Waals surface area contributed by atoms with Gasteiger partial charge in [0.25, 0.3) is 0 Å². The van der Waals surface area contributed by atoms with Crippen molar-refractivity contribution in [3.05, 3.63) is 5.82 Å². The molecule has 1 N–H and O–H groups in total. The van der Waals surface area contributed by atoms with Gasteiger partial charge < -0.3 is 0 Å². The SMILES string of the molecule is FC(F)(F)C(F)(F)C(F)(F)c1nn[nH]n1. The quantitative estimate of drug-likeness (QED) is 0.794. The van der Waals surface area contributed by atoms with Crippen molar-refractivity contribution in [3.63, 3.8) is 0 Å². The van der Waals surface area contributed by atoms with Crippen LogP contribution in [0.3, 0.4) is 0 Å². The van der Waals surface area contributed by atoms with Crippen LogP contribution in [0.1, 0.15) is 5.82 Å². The van der Waals surface area contributed by atoms with Crippen molar-refractivity contribution in [2.24, 2.45) is 0 Å². The molecule has 0 saturated heterocycles. The number of tetrazole rings is 1. The molecule has 1 aromatic heterocycles. The van der Waals surface area contributed by atoms with Gasteiger partial charge in [0.2, 0.25) is 5.82 Å². The van der Waals surface area contributed by atoms with E-state index in [1.165, 1.54) is 5.21 Å². The summed E-state index contributed by atoms with van der Waals surface area (Å²) in [6.07, 6.45) is -6.41. The van der Waals surface area contributed by atoms with E-state index in [4.69, 9.17) is 0 Å². The fraction of sp³-hybridized carbons (Fsp3) is 0.750. The van der Waals surface area contributed by atoms with E-state index in [9.17, 15) is 30.7 Å². The highest BCUT2D eigenvalue weighted by Crippen LogP contribution is 2.50. The molecule has 0 aliphatic heterocycles. The van der Waals surface area contributed by atoms with Crippen LogP contribution in [0.25, 0.3) is 0 Å². The number of alkyl halides is 7. The van der Waals surface area contributed by atoms with Crippen LogP contribution < -0.4 is 0 Å². The van der Waals surface area contributed by atoms with Crippen LogP contribution in [0, 0.1) is 0 Å². The summed E-state index contributed by atoms with van der Waals surface area (Å²) in [7, 11) is 0. The van der Waals surface area contributed by atoms with E-state index < -0.39 is 23.8 Å². The Morgan fingerprint density at radius 3 is 1.80 bits per heavy atom. The first-order valence-electron chi connectivity index (χ1n) is 3.17. The minimum atomic E-state index is -6.41. The molecule has 0 aliphatic rings. The zero-order valence-electron chi connectivity index (χ0n) is 6.49. The monoisotopic (exact) mass is 238 g/mol. The van der Waals surface area contributed by atoms with Gasteiger partial charge in [0.15, 0.2) is 0 Å². The second kappa shape index (κ2) is 3.03. The molecular formula is C4HF7N4. The summed E-state index contributed by atoms with van der Waals surface area (Å²) in [4.78, 5) is 0. The largest absolute Gasteiger partial charge is 0.460 e. The van der Waals surface area contributed by atoms with Crippen LogP contribution in [0.2, 0.25) is 0 Å². The standard InChI is InChI=1S/C4HF7N4/c5-2(6,1-12-14-15-13-1)3(7,8)4(9,10)11/h(H,12,13,14,15). The van der Waals surface area contributed by atoms with E-state index in [2.05, 4.69) is 15.4 Å². The lowest BCUT2D eigenvalue weighted by atomic mass is 10.1. The lowest BCUT2D eigenvalue weighted by Gasteiger charge is -2.25. The third-order valence-corrected chi connectivity index (χ3v) is 1.38. The Bertz CT molecular complexity index is 327. The van der Waals surface area contributed by atoms with Crippen molar-refractivity contribution in [1.29, 1.82) is 0 Å². The summed E-state index contributed by atoms with van der Waals surface area (Å²) >= 11 is 0. The van der Waals surface area contributed by atoms with Gasteiger partial charge in [0.1, 0.15) is 0 Å². The Hall–Kier alpha value is -1.42. The van der Waals surface area contributed by atoms with Gasteiger partial charge in [-0.3, -0.25) is 0 Å². The number of hydrogen-bond donors (Lipinski definition) is 1. The molecule has 0 amide bonds. The zero-order chi connectivity index (χ0) is 11.9. The number of nitrogens with one attached hydrogen (secondary N) is 1. The van der Waals surface area contributed by atoms with Crippen LogP contribution in [0.4, 0.5) is 30.7 Å². The van der Waals surface area contributed by atoms with Gasteiger partial charge >= 0.3 is 18.0 Å². The van der Waals surface area contributed by atoms with Gasteiger partial charge in [-0.1, -0.05) is 0 Å². The van der Waals surface area contributed by atoms with Gasteiger partial charge in [0.05, 0.1) is 0 Å². The molecule has 0 bridgehead atoms. The van der Waals surface area contributed by atoms with Crippen molar-refractivity contribution in [3.8, 4) is 0 Å². The molecule has 86 valence electrons.